The third-order valence-electron chi connectivity index (χ3n) is 3.07. The predicted molar refractivity (Wildman–Crippen MR) is 77.5 cm³/mol. The molecule has 1 aromatic carbocycles. The number of benzene rings is 1. The monoisotopic (exact) mass is 306 g/mol. The van der Waals surface area contributed by atoms with E-state index in [0.717, 1.165) is 16.0 Å². The number of ether oxygens (including phenoxy) is 2. The molecule has 7 nitrogen and oxygen atoms in total. The van der Waals surface area contributed by atoms with Crippen LogP contribution in [0.5, 0.6) is 5.75 Å². The summed E-state index contributed by atoms with van der Waals surface area (Å²) >= 11 is 0. The van der Waals surface area contributed by atoms with Crippen molar-refractivity contribution in [1.82, 2.24) is 10.2 Å². The number of hydrogen-bond donors (Lipinski definition) is 1. The van der Waals surface area contributed by atoms with E-state index in [9.17, 15) is 14.4 Å². The van der Waals surface area contributed by atoms with Crippen molar-refractivity contribution in [2.45, 2.75) is 13.8 Å². The molecular formula is C15H18N2O5. The fraction of sp³-hybridized carbons (Fsp3) is 0.400. The van der Waals surface area contributed by atoms with E-state index < -0.39 is 24.5 Å². The topological polar surface area (TPSA) is 84.9 Å². The van der Waals surface area contributed by atoms with E-state index in [-0.39, 0.29) is 13.2 Å². The lowest BCUT2D eigenvalue weighted by Crippen LogP contribution is -2.37. The molecule has 1 heterocycles. The second-order valence-corrected chi connectivity index (χ2v) is 5.05. The first-order valence-corrected chi connectivity index (χ1v) is 6.90. The Hall–Kier alpha value is -2.57. The summed E-state index contributed by atoms with van der Waals surface area (Å²) in [6.45, 7) is 3.79. The number of urea groups is 1. The summed E-state index contributed by atoms with van der Waals surface area (Å²) in [6.07, 6.45) is 0. The van der Waals surface area contributed by atoms with E-state index >= 15 is 0 Å². The highest BCUT2D eigenvalue weighted by atomic mass is 16.6. The minimum absolute atomic E-state index is 0.286. The fourth-order valence-electron chi connectivity index (χ4n) is 2.13. The number of esters is 1. The average Bonchev–Trinajstić information content (AvgIpc) is 2.88. The van der Waals surface area contributed by atoms with Crippen molar-refractivity contribution in [2.75, 3.05) is 26.3 Å². The first-order chi connectivity index (χ1) is 10.5. The zero-order valence-electron chi connectivity index (χ0n) is 12.5. The van der Waals surface area contributed by atoms with Gasteiger partial charge in [0.1, 0.15) is 5.75 Å². The molecule has 0 atom stereocenters. The Bertz CT molecular complexity index is 579. The lowest BCUT2D eigenvalue weighted by Gasteiger charge is -2.12. The molecule has 1 aliphatic heterocycles. The first-order valence-electron chi connectivity index (χ1n) is 6.90. The van der Waals surface area contributed by atoms with Crippen molar-refractivity contribution in [3.8, 4) is 5.75 Å². The van der Waals surface area contributed by atoms with Crippen LogP contribution in [0.4, 0.5) is 4.79 Å². The highest BCUT2D eigenvalue weighted by Gasteiger charge is 2.26. The molecule has 118 valence electrons. The maximum atomic E-state index is 11.7. The minimum Gasteiger partial charge on any atom is -0.482 e. The average molecular weight is 306 g/mol. The number of amides is 3. The molecule has 0 saturated carbocycles. The summed E-state index contributed by atoms with van der Waals surface area (Å²) < 4.78 is 10.1. The number of nitrogens with zero attached hydrogens (tertiary/aromatic N) is 1. The first kappa shape index (κ1) is 15.8. The van der Waals surface area contributed by atoms with E-state index in [1.165, 1.54) is 0 Å². The highest BCUT2D eigenvalue weighted by Crippen LogP contribution is 2.16. The molecule has 1 aliphatic rings. The van der Waals surface area contributed by atoms with Crippen LogP contribution in [-0.4, -0.2) is 49.1 Å². The quantitative estimate of drug-likeness (QED) is 0.813. The Morgan fingerprint density at radius 3 is 2.45 bits per heavy atom. The third kappa shape index (κ3) is 4.21. The van der Waals surface area contributed by atoms with Crippen LogP contribution in [0.1, 0.15) is 11.1 Å². The summed E-state index contributed by atoms with van der Waals surface area (Å²) in [5.74, 6) is -0.637. The normalized spacial score (nSPS) is 13.7. The van der Waals surface area contributed by atoms with Gasteiger partial charge in [-0.15, -0.1) is 0 Å². The zero-order valence-corrected chi connectivity index (χ0v) is 12.5. The van der Waals surface area contributed by atoms with Crippen LogP contribution < -0.4 is 10.1 Å². The lowest BCUT2D eigenvalue weighted by molar-refractivity contribution is -0.152. The van der Waals surface area contributed by atoms with Crippen LogP contribution in [0.2, 0.25) is 0 Å². The van der Waals surface area contributed by atoms with Gasteiger partial charge in [-0.25, -0.2) is 9.59 Å². The van der Waals surface area contributed by atoms with E-state index in [2.05, 4.69) is 5.32 Å². The SMILES string of the molecule is Cc1cc(C)cc(OCC(=O)OCC(=O)N2CCNC2=O)c1. The molecule has 7 heteroatoms. The third-order valence-corrected chi connectivity index (χ3v) is 3.07. The largest absolute Gasteiger partial charge is 0.482 e. The van der Waals surface area contributed by atoms with Crippen LogP contribution in [0.25, 0.3) is 0 Å². The maximum absolute atomic E-state index is 11.7. The van der Waals surface area contributed by atoms with Crippen molar-refractivity contribution in [3.63, 3.8) is 0 Å². The lowest BCUT2D eigenvalue weighted by atomic mass is 10.1. The smallest absolute Gasteiger partial charge is 0.344 e. The Morgan fingerprint density at radius 2 is 1.86 bits per heavy atom. The van der Waals surface area contributed by atoms with Gasteiger partial charge in [-0.1, -0.05) is 6.07 Å². The summed E-state index contributed by atoms with van der Waals surface area (Å²) in [4.78, 5) is 35.5. The van der Waals surface area contributed by atoms with Crippen molar-refractivity contribution in [3.05, 3.63) is 29.3 Å². The Morgan fingerprint density at radius 1 is 1.18 bits per heavy atom. The molecule has 0 unspecified atom stereocenters. The number of hydrogen-bond acceptors (Lipinski definition) is 5. The van der Waals surface area contributed by atoms with Gasteiger partial charge in [-0.05, 0) is 37.1 Å². The number of carbonyl (C=O) groups is 3. The van der Waals surface area contributed by atoms with Crippen LogP contribution >= 0.6 is 0 Å². The van der Waals surface area contributed by atoms with Crippen molar-refractivity contribution in [2.24, 2.45) is 0 Å². The number of carbonyl (C=O) groups excluding carboxylic acids is 3. The van der Waals surface area contributed by atoms with Crippen LogP contribution in [-0.2, 0) is 14.3 Å². The molecule has 1 aromatic rings. The molecular weight excluding hydrogens is 288 g/mol. The molecule has 1 fully saturated rings. The molecule has 0 spiro atoms. The molecule has 0 bridgehead atoms. The minimum atomic E-state index is -0.660. The second kappa shape index (κ2) is 6.93. The van der Waals surface area contributed by atoms with Gasteiger partial charge in [0.05, 0.1) is 0 Å². The number of rotatable bonds is 5. The Balaban J connectivity index is 1.76. The van der Waals surface area contributed by atoms with Crippen LogP contribution in [0.15, 0.2) is 18.2 Å². The van der Waals surface area contributed by atoms with Crippen LogP contribution in [0, 0.1) is 13.8 Å². The fourth-order valence-corrected chi connectivity index (χ4v) is 2.13. The molecule has 0 radical (unpaired) electrons. The summed E-state index contributed by atoms with van der Waals surface area (Å²) in [5.41, 5.74) is 2.05. The van der Waals surface area contributed by atoms with E-state index in [4.69, 9.17) is 9.47 Å². The maximum Gasteiger partial charge on any atom is 0.344 e. The van der Waals surface area contributed by atoms with Gasteiger partial charge < -0.3 is 14.8 Å². The van der Waals surface area contributed by atoms with Crippen molar-refractivity contribution >= 4 is 17.9 Å². The predicted octanol–water partition coefficient (Wildman–Crippen LogP) is 0.777. The summed E-state index contributed by atoms with van der Waals surface area (Å²) in [7, 11) is 0. The summed E-state index contributed by atoms with van der Waals surface area (Å²) in [6, 6.07) is 5.14. The van der Waals surface area contributed by atoms with E-state index in [1.807, 2.05) is 19.9 Å². The molecule has 0 aromatic heterocycles. The van der Waals surface area contributed by atoms with Gasteiger partial charge in [0.2, 0.25) is 0 Å². The van der Waals surface area contributed by atoms with Gasteiger partial charge in [0, 0.05) is 13.1 Å². The highest BCUT2D eigenvalue weighted by molar-refractivity contribution is 5.96. The molecule has 3 amide bonds. The number of aryl methyl sites for hydroxylation is 2. The van der Waals surface area contributed by atoms with Gasteiger partial charge in [-0.3, -0.25) is 9.69 Å². The summed E-state index contributed by atoms with van der Waals surface area (Å²) in [5, 5.41) is 2.50. The van der Waals surface area contributed by atoms with Gasteiger partial charge in [0.15, 0.2) is 13.2 Å². The molecule has 1 saturated heterocycles. The molecule has 1 N–H and O–H groups in total. The van der Waals surface area contributed by atoms with Crippen LogP contribution in [0.3, 0.4) is 0 Å². The second-order valence-electron chi connectivity index (χ2n) is 5.05. The molecule has 2 rings (SSSR count). The Labute approximate surface area is 128 Å². The number of nitrogens with one attached hydrogen (secondary N) is 1. The number of imide groups is 1. The van der Waals surface area contributed by atoms with E-state index in [0.29, 0.717) is 12.3 Å². The Kier molecular flexibility index (Phi) is 4.98. The molecule has 22 heavy (non-hydrogen) atoms. The van der Waals surface area contributed by atoms with Crippen molar-refractivity contribution < 1.29 is 23.9 Å². The van der Waals surface area contributed by atoms with Crippen molar-refractivity contribution in [1.29, 1.82) is 0 Å². The van der Waals surface area contributed by atoms with Gasteiger partial charge in [-0.2, -0.15) is 0 Å². The van der Waals surface area contributed by atoms with Gasteiger partial charge >= 0.3 is 12.0 Å². The van der Waals surface area contributed by atoms with E-state index in [1.54, 1.807) is 12.1 Å². The molecule has 0 aliphatic carbocycles. The standard InChI is InChI=1S/C15H18N2O5/c1-10-5-11(2)7-12(6-10)21-9-14(19)22-8-13(18)17-4-3-16-15(17)20/h5-7H,3-4,8-9H2,1-2H3,(H,16,20). The van der Waals surface area contributed by atoms with Gasteiger partial charge in [0.25, 0.3) is 5.91 Å². The zero-order chi connectivity index (χ0) is 16.1.